The van der Waals surface area contributed by atoms with Gasteiger partial charge >= 0.3 is 0 Å². The normalized spacial score (nSPS) is 19.8. The third kappa shape index (κ3) is 2.18. The monoisotopic (exact) mass is 268 g/mol. The molecule has 0 N–H and O–H groups in total. The maximum Gasteiger partial charge on any atom is 0.282 e. The fourth-order valence-electron chi connectivity index (χ4n) is 2.40. The molecule has 2 rings (SSSR count). The zero-order chi connectivity index (χ0) is 13.6. The summed E-state index contributed by atoms with van der Waals surface area (Å²) in [5, 5.41) is 0. The van der Waals surface area contributed by atoms with Crippen molar-refractivity contribution < 1.29 is 8.42 Å². The fourth-order valence-corrected chi connectivity index (χ4v) is 3.78. The lowest BCUT2D eigenvalue weighted by molar-refractivity contribution is 0.192. The molecule has 5 heteroatoms. The first kappa shape index (κ1) is 13.5. The number of nitrogens with zero attached hydrogens (tertiary/aromatic N) is 2. The summed E-state index contributed by atoms with van der Waals surface area (Å²) in [5.74, 6) is 0. The SMILES string of the molecule is CN(C)S(=O)(=O)N1Cc2ccccc2CC1(C)C. The second-order valence-corrected chi connectivity index (χ2v) is 7.62. The van der Waals surface area contributed by atoms with Gasteiger partial charge in [-0.1, -0.05) is 24.3 Å². The summed E-state index contributed by atoms with van der Waals surface area (Å²) in [7, 11) is -0.233. The highest BCUT2D eigenvalue weighted by Crippen LogP contribution is 2.33. The number of benzene rings is 1. The van der Waals surface area contributed by atoms with Crippen LogP contribution in [0.5, 0.6) is 0 Å². The predicted molar refractivity (Wildman–Crippen MR) is 72.4 cm³/mol. The second kappa shape index (κ2) is 4.33. The Kier molecular flexibility index (Phi) is 3.25. The van der Waals surface area contributed by atoms with E-state index < -0.39 is 15.7 Å². The molecule has 4 nitrogen and oxygen atoms in total. The van der Waals surface area contributed by atoms with Gasteiger partial charge in [-0.25, -0.2) is 0 Å². The lowest BCUT2D eigenvalue weighted by atomic mass is 9.88. The predicted octanol–water partition coefficient (Wildman–Crippen LogP) is 1.63. The summed E-state index contributed by atoms with van der Waals surface area (Å²) in [6, 6.07) is 8.04. The van der Waals surface area contributed by atoms with Crippen LogP contribution in [0, 0.1) is 0 Å². The van der Waals surface area contributed by atoms with Gasteiger partial charge < -0.3 is 0 Å². The van der Waals surface area contributed by atoms with Gasteiger partial charge in [0.25, 0.3) is 10.2 Å². The summed E-state index contributed by atoms with van der Waals surface area (Å²) in [6.07, 6.45) is 0.746. The Balaban J connectivity index is 2.46. The third-order valence-corrected chi connectivity index (χ3v) is 5.57. The molecule has 0 saturated carbocycles. The highest BCUT2D eigenvalue weighted by molar-refractivity contribution is 7.86. The van der Waals surface area contributed by atoms with Gasteiger partial charge in [-0.2, -0.15) is 17.0 Å². The van der Waals surface area contributed by atoms with Crippen molar-refractivity contribution in [2.45, 2.75) is 32.4 Å². The minimum absolute atomic E-state index is 0.391. The van der Waals surface area contributed by atoms with Crippen LogP contribution in [0.2, 0.25) is 0 Å². The van der Waals surface area contributed by atoms with Crippen molar-refractivity contribution in [3.05, 3.63) is 35.4 Å². The molecule has 0 saturated heterocycles. The molecule has 0 atom stereocenters. The van der Waals surface area contributed by atoms with Gasteiger partial charge in [0.05, 0.1) is 0 Å². The summed E-state index contributed by atoms with van der Waals surface area (Å²) in [4.78, 5) is 0. The van der Waals surface area contributed by atoms with Crippen LogP contribution in [0.3, 0.4) is 0 Å². The number of fused-ring (bicyclic) bond motifs is 1. The fraction of sp³-hybridized carbons (Fsp3) is 0.538. The van der Waals surface area contributed by atoms with E-state index in [1.54, 1.807) is 18.4 Å². The van der Waals surface area contributed by atoms with Crippen LogP contribution in [0.25, 0.3) is 0 Å². The molecule has 0 spiro atoms. The summed E-state index contributed by atoms with van der Waals surface area (Å²) in [6.45, 7) is 4.40. The molecule has 1 heterocycles. The van der Waals surface area contributed by atoms with E-state index in [4.69, 9.17) is 0 Å². The Morgan fingerprint density at radius 1 is 1.17 bits per heavy atom. The van der Waals surface area contributed by atoms with Crippen molar-refractivity contribution in [1.29, 1.82) is 0 Å². The maximum absolute atomic E-state index is 12.4. The first-order valence-corrected chi connectivity index (χ1v) is 7.42. The molecule has 0 fully saturated rings. The third-order valence-electron chi connectivity index (χ3n) is 3.47. The standard InChI is InChI=1S/C13H20N2O2S/c1-13(2)9-11-7-5-6-8-12(11)10-15(13)18(16,17)14(3)4/h5-8H,9-10H2,1-4H3. The second-order valence-electron chi connectivity index (χ2n) is 5.55. The molecule has 0 bridgehead atoms. The van der Waals surface area contributed by atoms with E-state index in [-0.39, 0.29) is 0 Å². The van der Waals surface area contributed by atoms with Gasteiger partial charge in [0, 0.05) is 26.2 Å². The van der Waals surface area contributed by atoms with Crippen LogP contribution in [0.4, 0.5) is 0 Å². The molecule has 0 amide bonds. The molecule has 0 unspecified atom stereocenters. The Morgan fingerprint density at radius 2 is 1.72 bits per heavy atom. The Hall–Kier alpha value is -0.910. The highest BCUT2D eigenvalue weighted by atomic mass is 32.2. The summed E-state index contributed by atoms with van der Waals surface area (Å²) in [5.41, 5.74) is 1.95. The zero-order valence-electron chi connectivity index (χ0n) is 11.3. The molecule has 1 aromatic rings. The van der Waals surface area contributed by atoms with Crippen LogP contribution in [-0.2, 0) is 23.2 Å². The van der Waals surface area contributed by atoms with Crippen molar-refractivity contribution in [3.63, 3.8) is 0 Å². The number of rotatable bonds is 2. The lowest BCUT2D eigenvalue weighted by Crippen LogP contribution is -2.54. The molecular formula is C13H20N2O2S. The van der Waals surface area contributed by atoms with E-state index in [0.29, 0.717) is 6.54 Å². The van der Waals surface area contributed by atoms with Crippen LogP contribution in [-0.4, -0.2) is 36.7 Å². The van der Waals surface area contributed by atoms with E-state index >= 15 is 0 Å². The van der Waals surface area contributed by atoms with E-state index in [0.717, 1.165) is 12.0 Å². The van der Waals surface area contributed by atoms with Crippen LogP contribution >= 0.6 is 0 Å². The number of hydrogen-bond acceptors (Lipinski definition) is 2. The highest BCUT2D eigenvalue weighted by Gasteiger charge is 2.41. The van der Waals surface area contributed by atoms with Gasteiger partial charge in [0.1, 0.15) is 0 Å². The lowest BCUT2D eigenvalue weighted by Gasteiger charge is -2.43. The molecule has 100 valence electrons. The maximum atomic E-state index is 12.4. The van der Waals surface area contributed by atoms with E-state index in [2.05, 4.69) is 6.07 Å². The van der Waals surface area contributed by atoms with Gasteiger partial charge in [0.2, 0.25) is 0 Å². The number of hydrogen-bond donors (Lipinski definition) is 0. The Morgan fingerprint density at radius 3 is 2.28 bits per heavy atom. The molecule has 1 aromatic carbocycles. The van der Waals surface area contributed by atoms with Crippen molar-refractivity contribution in [1.82, 2.24) is 8.61 Å². The molecule has 0 aromatic heterocycles. The van der Waals surface area contributed by atoms with Gasteiger partial charge in [-0.05, 0) is 31.4 Å². The van der Waals surface area contributed by atoms with Gasteiger partial charge in [-0.15, -0.1) is 0 Å². The largest absolute Gasteiger partial charge is 0.282 e. The van der Waals surface area contributed by atoms with Crippen molar-refractivity contribution in [3.8, 4) is 0 Å². The molecule has 1 aliphatic heterocycles. The van der Waals surface area contributed by atoms with E-state index in [9.17, 15) is 8.42 Å². The zero-order valence-corrected chi connectivity index (χ0v) is 12.2. The minimum atomic E-state index is -3.38. The summed E-state index contributed by atoms with van der Waals surface area (Å²) >= 11 is 0. The summed E-state index contributed by atoms with van der Waals surface area (Å²) < 4.78 is 27.6. The van der Waals surface area contributed by atoms with Crippen LogP contribution < -0.4 is 0 Å². The average Bonchev–Trinajstić information content (AvgIpc) is 2.26. The minimum Gasteiger partial charge on any atom is -0.195 e. The first-order chi connectivity index (χ1) is 8.25. The van der Waals surface area contributed by atoms with E-state index in [1.807, 2.05) is 32.0 Å². The van der Waals surface area contributed by atoms with Crippen molar-refractivity contribution in [2.24, 2.45) is 0 Å². The molecule has 0 radical (unpaired) electrons. The van der Waals surface area contributed by atoms with Gasteiger partial charge in [0.15, 0.2) is 0 Å². The smallest absolute Gasteiger partial charge is 0.195 e. The van der Waals surface area contributed by atoms with Crippen LogP contribution in [0.15, 0.2) is 24.3 Å². The molecule has 18 heavy (non-hydrogen) atoms. The molecular weight excluding hydrogens is 248 g/mol. The van der Waals surface area contributed by atoms with Gasteiger partial charge in [-0.3, -0.25) is 0 Å². The molecule has 1 aliphatic rings. The Bertz CT molecular complexity index is 550. The average molecular weight is 268 g/mol. The Labute approximate surface area is 109 Å². The van der Waals surface area contributed by atoms with E-state index in [1.165, 1.54) is 9.87 Å². The van der Waals surface area contributed by atoms with Crippen LogP contribution in [0.1, 0.15) is 25.0 Å². The topological polar surface area (TPSA) is 40.6 Å². The molecule has 0 aliphatic carbocycles. The first-order valence-electron chi connectivity index (χ1n) is 6.02. The van der Waals surface area contributed by atoms with Crippen molar-refractivity contribution >= 4 is 10.2 Å². The quantitative estimate of drug-likeness (QED) is 0.818. The van der Waals surface area contributed by atoms with Crippen molar-refractivity contribution in [2.75, 3.05) is 14.1 Å².